The topological polar surface area (TPSA) is 186 Å². The summed E-state index contributed by atoms with van der Waals surface area (Å²) in [6.07, 6.45) is -4.53. The van der Waals surface area contributed by atoms with Gasteiger partial charge in [-0.15, -0.1) is 0 Å². The van der Waals surface area contributed by atoms with Crippen molar-refractivity contribution in [3.8, 4) is 17.2 Å². The fourth-order valence-corrected chi connectivity index (χ4v) is 5.66. The molecule has 2 aromatic carbocycles. The number of Topliss-reactive ketones (excluding diaryl/α,β-unsaturated/α-hetero) is 1. The van der Waals surface area contributed by atoms with E-state index in [0.717, 1.165) is 0 Å². The second-order valence-electron chi connectivity index (χ2n) is 10.1. The van der Waals surface area contributed by atoms with E-state index in [2.05, 4.69) is 0 Å². The molecule has 2 aromatic rings. The maximum atomic E-state index is 13.6. The first-order valence-corrected chi connectivity index (χ1v) is 12.2. The molecular formula is C27H29NO10. The molecule has 3 unspecified atom stereocenters. The van der Waals surface area contributed by atoms with Crippen LogP contribution in [-0.2, 0) is 20.7 Å². The first-order chi connectivity index (χ1) is 17.9. The molecule has 0 aromatic heterocycles. The van der Waals surface area contributed by atoms with Crippen molar-refractivity contribution in [3.63, 3.8) is 0 Å². The number of carbonyl (C=O) groups is 3. The third kappa shape index (κ3) is 3.81. The second-order valence-corrected chi connectivity index (χ2v) is 10.1. The van der Waals surface area contributed by atoms with Crippen LogP contribution in [0.25, 0.3) is 0 Å². The van der Waals surface area contributed by atoms with Crippen molar-refractivity contribution in [2.24, 2.45) is 5.73 Å². The molecule has 3 aliphatic rings. The highest BCUT2D eigenvalue weighted by molar-refractivity contribution is 6.31. The number of ketones is 3. The lowest BCUT2D eigenvalue weighted by Gasteiger charge is -2.42. The van der Waals surface area contributed by atoms with Crippen LogP contribution in [0.3, 0.4) is 0 Å². The first kappa shape index (κ1) is 26.3. The number of phenolic OH excluding ortho intramolecular Hbond substituents is 2. The molecule has 0 amide bonds. The van der Waals surface area contributed by atoms with Crippen LogP contribution in [0.15, 0.2) is 18.2 Å². The zero-order valence-corrected chi connectivity index (χ0v) is 21.1. The number of fused-ring (bicyclic) bond motifs is 3. The average molecular weight is 528 g/mol. The minimum Gasteiger partial charge on any atom is -0.507 e. The van der Waals surface area contributed by atoms with E-state index < -0.39 is 82.6 Å². The minimum atomic E-state index is -2.00. The van der Waals surface area contributed by atoms with Crippen molar-refractivity contribution in [1.29, 1.82) is 0 Å². The Morgan fingerprint density at radius 3 is 2.45 bits per heavy atom. The molecule has 202 valence electrons. The minimum absolute atomic E-state index is 0.0147. The molecule has 1 fully saturated rings. The number of carbonyl (C=O) groups excluding carboxylic acids is 3. The van der Waals surface area contributed by atoms with Gasteiger partial charge in [0, 0.05) is 42.0 Å². The number of rotatable bonds is 4. The van der Waals surface area contributed by atoms with E-state index in [-0.39, 0.29) is 40.8 Å². The Balaban J connectivity index is 1.68. The van der Waals surface area contributed by atoms with Crippen molar-refractivity contribution in [2.45, 2.75) is 69.4 Å². The molecule has 0 saturated carbocycles. The predicted molar refractivity (Wildman–Crippen MR) is 130 cm³/mol. The first-order valence-electron chi connectivity index (χ1n) is 12.2. The summed E-state index contributed by atoms with van der Waals surface area (Å²) in [7, 11) is 1.34. The number of hydrogen-bond donors (Lipinski definition) is 5. The van der Waals surface area contributed by atoms with Crippen LogP contribution in [0.4, 0.5) is 0 Å². The van der Waals surface area contributed by atoms with Crippen LogP contribution in [0.1, 0.15) is 75.8 Å². The van der Waals surface area contributed by atoms with Gasteiger partial charge in [-0.3, -0.25) is 14.4 Å². The Morgan fingerprint density at radius 1 is 1.13 bits per heavy atom. The fourth-order valence-electron chi connectivity index (χ4n) is 5.66. The average Bonchev–Trinajstić information content (AvgIpc) is 2.87. The van der Waals surface area contributed by atoms with Crippen LogP contribution in [-0.4, -0.2) is 75.0 Å². The lowest BCUT2D eigenvalue weighted by atomic mass is 9.72. The number of aromatic hydroxyl groups is 2. The molecule has 11 heteroatoms. The Morgan fingerprint density at radius 2 is 1.82 bits per heavy atom. The molecule has 5 rings (SSSR count). The van der Waals surface area contributed by atoms with Gasteiger partial charge in [-0.25, -0.2) is 0 Å². The monoisotopic (exact) mass is 527 g/mol. The Hall–Kier alpha value is -3.35. The van der Waals surface area contributed by atoms with Crippen molar-refractivity contribution >= 4 is 17.3 Å². The van der Waals surface area contributed by atoms with Crippen LogP contribution >= 0.6 is 0 Å². The van der Waals surface area contributed by atoms with E-state index in [1.54, 1.807) is 6.92 Å². The number of phenols is 2. The molecule has 0 spiro atoms. The van der Waals surface area contributed by atoms with Crippen molar-refractivity contribution in [3.05, 3.63) is 51.6 Å². The second kappa shape index (κ2) is 9.14. The Bertz CT molecular complexity index is 1360. The van der Waals surface area contributed by atoms with Gasteiger partial charge in [-0.1, -0.05) is 12.1 Å². The third-order valence-electron chi connectivity index (χ3n) is 7.80. The maximum absolute atomic E-state index is 13.6. The molecule has 6 atom stereocenters. The summed E-state index contributed by atoms with van der Waals surface area (Å²) in [4.78, 5) is 39.6. The number of hydrogen-bond acceptors (Lipinski definition) is 11. The predicted octanol–water partition coefficient (Wildman–Crippen LogP) is 1.03. The zero-order chi connectivity index (χ0) is 27.7. The summed E-state index contributed by atoms with van der Waals surface area (Å²) in [6, 6.07) is 3.75. The Kier molecular flexibility index (Phi) is 6.32. The van der Waals surface area contributed by atoms with Crippen molar-refractivity contribution in [2.75, 3.05) is 7.11 Å². The van der Waals surface area contributed by atoms with Crippen LogP contribution in [0, 0.1) is 0 Å². The van der Waals surface area contributed by atoms with Gasteiger partial charge in [0.25, 0.3) is 0 Å². The van der Waals surface area contributed by atoms with Gasteiger partial charge in [-0.05, 0) is 19.9 Å². The summed E-state index contributed by atoms with van der Waals surface area (Å²) in [5.41, 5.74) is 2.97. The van der Waals surface area contributed by atoms with Crippen molar-refractivity contribution in [1.82, 2.24) is 0 Å². The van der Waals surface area contributed by atoms with Gasteiger partial charge in [0.05, 0.1) is 42.1 Å². The van der Waals surface area contributed by atoms with E-state index >= 15 is 0 Å². The standard InChI is InChI=1S/C27H29NO10/c1-10-22(30)14(28)7-17(37-10)38-16-9-27(35,11(2)29)8-13-19(16)26(34)21-20(24(13)32)23(31)12-5-4-6-15(36-3)18(12)25(21)33/h4-6,10,14,16-17,22,30,32,34-35H,7-9,28H2,1-3H3/t10-,14-,16?,17?,22+,27?/m0/s1. The summed E-state index contributed by atoms with van der Waals surface area (Å²) in [6.45, 7) is 2.79. The summed E-state index contributed by atoms with van der Waals surface area (Å²) in [5.74, 6) is -3.18. The molecule has 2 aliphatic carbocycles. The highest BCUT2D eigenvalue weighted by Crippen LogP contribution is 2.52. The maximum Gasteiger partial charge on any atom is 0.202 e. The normalized spacial score (nSPS) is 30.3. The van der Waals surface area contributed by atoms with E-state index in [1.165, 1.54) is 32.2 Å². The number of nitrogens with two attached hydrogens (primary N) is 1. The lowest BCUT2D eigenvalue weighted by molar-refractivity contribution is -0.247. The molecule has 11 nitrogen and oxygen atoms in total. The zero-order valence-electron chi connectivity index (χ0n) is 21.1. The van der Waals surface area contributed by atoms with Gasteiger partial charge in [0.1, 0.15) is 22.8 Å². The number of aliphatic hydroxyl groups excluding tert-OH is 1. The molecular weight excluding hydrogens is 498 g/mol. The van der Waals surface area contributed by atoms with Crippen LogP contribution in [0.2, 0.25) is 0 Å². The molecule has 0 radical (unpaired) electrons. The van der Waals surface area contributed by atoms with E-state index in [4.69, 9.17) is 19.9 Å². The van der Waals surface area contributed by atoms with Gasteiger partial charge >= 0.3 is 0 Å². The van der Waals surface area contributed by atoms with E-state index in [1.807, 2.05) is 0 Å². The highest BCUT2D eigenvalue weighted by Gasteiger charge is 2.49. The fraction of sp³-hybridized carbons (Fsp3) is 0.444. The summed E-state index contributed by atoms with van der Waals surface area (Å²) >= 11 is 0. The number of aliphatic hydroxyl groups is 2. The van der Waals surface area contributed by atoms with Gasteiger partial charge in [-0.2, -0.15) is 0 Å². The summed E-state index contributed by atoms with van der Waals surface area (Å²) in [5, 5.41) is 44.1. The van der Waals surface area contributed by atoms with Gasteiger partial charge in [0.15, 0.2) is 17.9 Å². The quantitative estimate of drug-likeness (QED) is 0.305. The smallest absolute Gasteiger partial charge is 0.202 e. The molecule has 1 heterocycles. The van der Waals surface area contributed by atoms with Crippen LogP contribution < -0.4 is 10.5 Å². The molecule has 38 heavy (non-hydrogen) atoms. The van der Waals surface area contributed by atoms with E-state index in [9.17, 15) is 34.8 Å². The number of methoxy groups -OCH3 is 1. The molecule has 0 bridgehead atoms. The SMILES string of the molecule is COc1cccc2c1C(=O)c1c(O)c3c(c(O)c1C2=O)CC(O)(C(C)=O)CC3OC1C[C@H](N)[C@H](O)[C@H](C)O1. The van der Waals surface area contributed by atoms with Gasteiger partial charge in [0.2, 0.25) is 5.78 Å². The Labute approximate surface area is 217 Å². The van der Waals surface area contributed by atoms with Gasteiger partial charge < -0.3 is 40.4 Å². The molecule has 6 N–H and O–H groups in total. The van der Waals surface area contributed by atoms with Crippen molar-refractivity contribution < 1.29 is 49.0 Å². The lowest BCUT2D eigenvalue weighted by Crippen LogP contribution is -2.52. The van der Waals surface area contributed by atoms with Crippen LogP contribution in [0.5, 0.6) is 17.2 Å². The summed E-state index contributed by atoms with van der Waals surface area (Å²) < 4.78 is 17.1. The third-order valence-corrected chi connectivity index (χ3v) is 7.80. The number of ether oxygens (including phenoxy) is 3. The largest absolute Gasteiger partial charge is 0.507 e. The highest BCUT2D eigenvalue weighted by atomic mass is 16.7. The molecule has 1 saturated heterocycles. The number of benzene rings is 2. The van der Waals surface area contributed by atoms with E-state index in [0.29, 0.717) is 0 Å². The molecule has 1 aliphatic heterocycles.